The maximum absolute atomic E-state index is 10.6. The van der Waals surface area contributed by atoms with E-state index < -0.39 is 17.1 Å². The van der Waals surface area contributed by atoms with E-state index in [1.807, 2.05) is 20.8 Å². The molecule has 30 heavy (non-hydrogen) atoms. The fourth-order valence-electron chi connectivity index (χ4n) is 7.94. The van der Waals surface area contributed by atoms with Crippen molar-refractivity contribution in [3.8, 4) is 6.07 Å². The Hall–Kier alpha value is -0.850. The number of aliphatic hydroxyl groups is 2. The van der Waals surface area contributed by atoms with Crippen LogP contribution in [-0.2, 0) is 0 Å². The Kier molecular flexibility index (Phi) is 5.91. The zero-order valence-electron chi connectivity index (χ0n) is 19.7. The quantitative estimate of drug-likeness (QED) is 0.543. The van der Waals surface area contributed by atoms with Crippen LogP contribution in [0.4, 0.5) is 0 Å². The zero-order chi connectivity index (χ0) is 21.7. The van der Waals surface area contributed by atoms with Gasteiger partial charge in [-0.2, -0.15) is 5.26 Å². The number of fused-ring (bicyclic) bond motifs is 5. The van der Waals surface area contributed by atoms with Gasteiger partial charge in [-0.15, -0.1) is 0 Å². The molecule has 2 N–H and O–H groups in total. The average Bonchev–Trinajstić information content (AvgIpc) is 3.11. The Morgan fingerprint density at radius 3 is 2.60 bits per heavy atom. The molecule has 0 radical (unpaired) electrons. The van der Waals surface area contributed by atoms with Gasteiger partial charge in [0.25, 0.3) is 0 Å². The molecule has 0 aliphatic heterocycles. The van der Waals surface area contributed by atoms with Gasteiger partial charge in [-0.05, 0) is 114 Å². The molecule has 4 rings (SSSR count). The molecule has 0 aromatic carbocycles. The second-order valence-corrected chi connectivity index (χ2v) is 12.3. The van der Waals surface area contributed by atoms with E-state index in [2.05, 4.69) is 19.1 Å². The third kappa shape index (κ3) is 3.88. The Labute approximate surface area is 183 Å². The van der Waals surface area contributed by atoms with Crippen molar-refractivity contribution in [2.45, 2.75) is 110 Å². The third-order valence-corrected chi connectivity index (χ3v) is 10.0. The van der Waals surface area contributed by atoms with Gasteiger partial charge in [0.1, 0.15) is 0 Å². The second-order valence-electron chi connectivity index (χ2n) is 12.3. The van der Waals surface area contributed by atoms with Gasteiger partial charge in [0.2, 0.25) is 0 Å². The van der Waals surface area contributed by atoms with E-state index in [1.165, 1.54) is 38.5 Å². The van der Waals surface area contributed by atoms with Gasteiger partial charge in [0.15, 0.2) is 0 Å². The van der Waals surface area contributed by atoms with Crippen molar-refractivity contribution in [1.29, 1.82) is 5.26 Å². The number of allylic oxidation sites excluding steroid dienone is 1. The lowest BCUT2D eigenvalue weighted by Crippen LogP contribution is -2.49. The van der Waals surface area contributed by atoms with Crippen LogP contribution in [0.1, 0.15) is 98.3 Å². The molecule has 0 aromatic heterocycles. The molecule has 4 aliphatic carbocycles. The minimum Gasteiger partial charge on any atom is -0.391 e. The van der Waals surface area contributed by atoms with Crippen LogP contribution >= 0.6 is 0 Å². The van der Waals surface area contributed by atoms with Crippen molar-refractivity contribution in [3.63, 3.8) is 0 Å². The normalized spacial score (nSPS) is 44.3. The van der Waals surface area contributed by atoms with E-state index in [-0.39, 0.29) is 0 Å². The molecule has 0 amide bonds. The lowest BCUT2D eigenvalue weighted by molar-refractivity contribution is -0.0416. The standard InChI is InChI=1S/C27H43NO2/c1-25(2,17-28)24(29)7-5-6-18-8-10-21-20(18)12-13-23-22(21)11-9-19-16-26(3,30)14-15-27(19,23)4/h9,18,20-24,29-30H,5-8,10-16H2,1-4H3/t18?,20?,21?,22?,23?,24?,26-,27?/m0/s1. The Morgan fingerprint density at radius 2 is 1.87 bits per heavy atom. The molecule has 3 fully saturated rings. The van der Waals surface area contributed by atoms with Crippen LogP contribution in [0.15, 0.2) is 11.6 Å². The Balaban J connectivity index is 1.38. The number of hydrogen-bond donors (Lipinski definition) is 2. The predicted octanol–water partition coefficient (Wildman–Crippen LogP) is 6.01. The summed E-state index contributed by atoms with van der Waals surface area (Å²) in [5.74, 6) is 4.23. The van der Waals surface area contributed by atoms with Crippen LogP contribution < -0.4 is 0 Å². The summed E-state index contributed by atoms with van der Waals surface area (Å²) in [5, 5.41) is 30.2. The smallest absolute Gasteiger partial charge is 0.0776 e. The maximum Gasteiger partial charge on any atom is 0.0776 e. The number of rotatable bonds is 5. The van der Waals surface area contributed by atoms with Gasteiger partial charge in [-0.3, -0.25) is 0 Å². The van der Waals surface area contributed by atoms with Gasteiger partial charge in [0.05, 0.1) is 23.2 Å². The first-order chi connectivity index (χ1) is 14.1. The highest BCUT2D eigenvalue weighted by atomic mass is 16.3. The van der Waals surface area contributed by atoms with E-state index in [0.29, 0.717) is 5.41 Å². The predicted molar refractivity (Wildman–Crippen MR) is 120 cm³/mol. The monoisotopic (exact) mass is 413 g/mol. The summed E-state index contributed by atoms with van der Waals surface area (Å²) in [6.07, 6.45) is 14.7. The van der Waals surface area contributed by atoms with Crippen LogP contribution in [-0.4, -0.2) is 21.9 Å². The van der Waals surface area contributed by atoms with E-state index in [4.69, 9.17) is 0 Å². The first-order valence-corrected chi connectivity index (χ1v) is 12.6. The van der Waals surface area contributed by atoms with Crippen molar-refractivity contribution >= 4 is 0 Å². The van der Waals surface area contributed by atoms with E-state index in [9.17, 15) is 15.5 Å². The fraction of sp³-hybridized carbons (Fsp3) is 0.889. The first-order valence-electron chi connectivity index (χ1n) is 12.6. The molecular weight excluding hydrogens is 370 g/mol. The van der Waals surface area contributed by atoms with Crippen LogP contribution in [0.5, 0.6) is 0 Å². The summed E-state index contributed by atoms with van der Waals surface area (Å²) in [6.45, 7) is 8.23. The highest BCUT2D eigenvalue weighted by Crippen LogP contribution is 2.63. The number of nitrogens with zero attached hydrogens (tertiary/aromatic N) is 1. The molecule has 0 heterocycles. The van der Waals surface area contributed by atoms with Gasteiger partial charge < -0.3 is 10.2 Å². The topological polar surface area (TPSA) is 64.2 Å². The van der Waals surface area contributed by atoms with Crippen LogP contribution in [0.2, 0.25) is 0 Å². The van der Waals surface area contributed by atoms with Crippen LogP contribution in [0, 0.1) is 51.8 Å². The van der Waals surface area contributed by atoms with Gasteiger partial charge in [0, 0.05) is 0 Å². The number of hydrogen-bond acceptors (Lipinski definition) is 3. The van der Waals surface area contributed by atoms with Gasteiger partial charge in [-0.1, -0.05) is 31.4 Å². The first kappa shape index (κ1) is 22.3. The van der Waals surface area contributed by atoms with Crippen LogP contribution in [0.25, 0.3) is 0 Å². The highest BCUT2D eigenvalue weighted by Gasteiger charge is 2.54. The summed E-state index contributed by atoms with van der Waals surface area (Å²) in [4.78, 5) is 0. The van der Waals surface area contributed by atoms with Crippen molar-refractivity contribution in [2.75, 3.05) is 0 Å². The molecule has 0 saturated heterocycles. The summed E-state index contributed by atoms with van der Waals surface area (Å²) < 4.78 is 0. The molecule has 3 heteroatoms. The minimum absolute atomic E-state index is 0.321. The number of aliphatic hydroxyl groups excluding tert-OH is 1. The Morgan fingerprint density at radius 1 is 1.13 bits per heavy atom. The summed E-state index contributed by atoms with van der Waals surface area (Å²) in [7, 11) is 0. The van der Waals surface area contributed by atoms with Gasteiger partial charge in [-0.25, -0.2) is 0 Å². The minimum atomic E-state index is -0.636. The maximum atomic E-state index is 10.6. The van der Waals surface area contributed by atoms with Crippen molar-refractivity contribution in [2.24, 2.45) is 40.4 Å². The molecule has 0 bridgehead atoms. The molecular formula is C27H43NO2. The van der Waals surface area contributed by atoms with Crippen LogP contribution in [0.3, 0.4) is 0 Å². The molecule has 3 saturated carbocycles. The molecule has 4 aliphatic rings. The lowest BCUT2D eigenvalue weighted by Gasteiger charge is -2.56. The van der Waals surface area contributed by atoms with Crippen molar-refractivity contribution in [1.82, 2.24) is 0 Å². The summed E-state index contributed by atoms with van der Waals surface area (Å²) >= 11 is 0. The molecule has 168 valence electrons. The molecule has 8 atom stereocenters. The summed E-state index contributed by atoms with van der Waals surface area (Å²) in [5.41, 5.74) is 0.740. The van der Waals surface area contributed by atoms with Gasteiger partial charge >= 0.3 is 0 Å². The molecule has 0 aromatic rings. The van der Waals surface area contributed by atoms with E-state index in [1.54, 1.807) is 5.57 Å². The average molecular weight is 414 g/mol. The van der Waals surface area contributed by atoms with Crippen molar-refractivity contribution in [3.05, 3.63) is 11.6 Å². The highest BCUT2D eigenvalue weighted by molar-refractivity contribution is 5.26. The number of nitriles is 1. The molecule has 3 nitrogen and oxygen atoms in total. The lowest BCUT2D eigenvalue weighted by atomic mass is 9.49. The zero-order valence-corrected chi connectivity index (χ0v) is 19.7. The van der Waals surface area contributed by atoms with E-state index >= 15 is 0 Å². The third-order valence-electron chi connectivity index (χ3n) is 10.0. The fourth-order valence-corrected chi connectivity index (χ4v) is 7.94. The summed E-state index contributed by atoms with van der Waals surface area (Å²) in [6, 6.07) is 2.26. The van der Waals surface area contributed by atoms with E-state index in [0.717, 1.165) is 61.7 Å². The van der Waals surface area contributed by atoms with Crippen molar-refractivity contribution < 1.29 is 10.2 Å². The largest absolute Gasteiger partial charge is 0.391 e. The Bertz CT molecular complexity index is 717. The SMILES string of the molecule is CC(C)(C#N)C(O)CCCC1CCC2C1CCC1C2CC=C2C[C@@](C)(O)CCC21C. The molecule has 7 unspecified atom stereocenters. The second kappa shape index (κ2) is 7.93. The molecule has 0 spiro atoms.